The summed E-state index contributed by atoms with van der Waals surface area (Å²) in [4.78, 5) is 84.6. The Morgan fingerprint density at radius 3 is 1.50 bits per heavy atom. The van der Waals surface area contributed by atoms with Gasteiger partial charge in [-0.05, 0) is 46.8 Å². The first kappa shape index (κ1) is 26.4. The lowest BCUT2D eigenvalue weighted by atomic mass is 10.2. The maximum absolute atomic E-state index is 12.7. The van der Waals surface area contributed by atoms with Crippen LogP contribution in [0.4, 0.5) is 21.0 Å². The van der Waals surface area contributed by atoms with Gasteiger partial charge in [0.05, 0.1) is 32.7 Å². The number of nitro benzene ring substituents is 2. The predicted octanol–water partition coefficient (Wildman–Crippen LogP) is 3.84. The van der Waals surface area contributed by atoms with Crippen LogP contribution in [0.1, 0.15) is 11.1 Å². The van der Waals surface area contributed by atoms with E-state index in [-0.39, 0.29) is 21.2 Å². The number of rotatable bonds is 8. The van der Waals surface area contributed by atoms with E-state index in [9.17, 15) is 44.2 Å². The first-order valence-corrected chi connectivity index (χ1v) is 12.2. The van der Waals surface area contributed by atoms with E-state index in [1.165, 1.54) is 60.7 Å². The highest BCUT2D eigenvalue weighted by molar-refractivity contribution is 8.18. The summed E-state index contributed by atoms with van der Waals surface area (Å²) in [6.07, 6.45) is 2.58. The number of amides is 4. The summed E-state index contributed by atoms with van der Waals surface area (Å²) in [5.41, 5.74) is 0.212. The number of carbonyl (C=O) groups excluding carboxylic acids is 5. The Balaban J connectivity index is 1.43. The maximum Gasteiger partial charge on any atom is 0.293 e. The van der Waals surface area contributed by atoms with Gasteiger partial charge in [-0.2, -0.15) is 0 Å². The molecule has 38 heavy (non-hydrogen) atoms. The van der Waals surface area contributed by atoms with Gasteiger partial charge in [0.25, 0.3) is 33.7 Å². The number of benzene rings is 2. The van der Waals surface area contributed by atoms with Crippen molar-refractivity contribution < 1.29 is 33.8 Å². The smallest absolute Gasteiger partial charge is 0.293 e. The molecule has 0 N–H and O–H groups in total. The average molecular weight is 555 g/mol. The van der Waals surface area contributed by atoms with E-state index in [1.807, 2.05) is 0 Å². The van der Waals surface area contributed by atoms with Crippen LogP contribution in [0.15, 0.2) is 58.3 Å². The SMILES string of the molecule is O=C(CN1C(=O)SC(=Cc2cccc([N+](=O)[O-])c2)C1=O)CN1C(=O)SC(=Cc2cccc([N+](=O)[O-])c2)C1=O. The van der Waals surface area contributed by atoms with Gasteiger partial charge < -0.3 is 0 Å². The minimum Gasteiger partial charge on any atom is -0.296 e. The average Bonchev–Trinajstić information content (AvgIpc) is 3.28. The van der Waals surface area contributed by atoms with Crippen molar-refractivity contribution >= 4 is 75.1 Å². The molecule has 2 aromatic rings. The number of hydrogen-bond donors (Lipinski definition) is 0. The number of ketones is 1. The minimum atomic E-state index is -0.792. The fraction of sp³-hybridized carbons (Fsp3) is 0.0870. The van der Waals surface area contributed by atoms with Crippen molar-refractivity contribution in [1.29, 1.82) is 0 Å². The van der Waals surface area contributed by atoms with Gasteiger partial charge in [0, 0.05) is 24.3 Å². The van der Waals surface area contributed by atoms with E-state index < -0.39 is 51.0 Å². The van der Waals surface area contributed by atoms with Gasteiger partial charge in [0.2, 0.25) is 0 Å². The van der Waals surface area contributed by atoms with Gasteiger partial charge in [-0.25, -0.2) is 0 Å². The van der Waals surface area contributed by atoms with Crippen molar-refractivity contribution in [2.45, 2.75) is 0 Å². The molecular weight excluding hydrogens is 540 g/mol. The largest absolute Gasteiger partial charge is 0.296 e. The van der Waals surface area contributed by atoms with Crippen molar-refractivity contribution in [3.8, 4) is 0 Å². The Morgan fingerprint density at radius 2 is 1.13 bits per heavy atom. The Hall–Kier alpha value is -4.63. The second-order valence-electron chi connectivity index (χ2n) is 7.78. The molecule has 2 fully saturated rings. The minimum absolute atomic E-state index is 0.0469. The zero-order chi connectivity index (χ0) is 27.6. The number of thioether (sulfide) groups is 2. The van der Waals surface area contributed by atoms with Gasteiger partial charge in [0.1, 0.15) is 0 Å². The lowest BCUT2D eigenvalue weighted by Crippen LogP contribution is -2.40. The highest BCUT2D eigenvalue weighted by Crippen LogP contribution is 2.34. The maximum atomic E-state index is 12.7. The summed E-state index contributed by atoms with van der Waals surface area (Å²) in [6, 6.07) is 10.8. The van der Waals surface area contributed by atoms with Gasteiger partial charge >= 0.3 is 0 Å². The zero-order valence-electron chi connectivity index (χ0n) is 19.0. The summed E-state index contributed by atoms with van der Waals surface area (Å²) in [6.45, 7) is -1.38. The van der Waals surface area contributed by atoms with Crippen molar-refractivity contribution in [2.75, 3.05) is 13.1 Å². The molecule has 0 saturated carbocycles. The molecule has 192 valence electrons. The molecule has 4 amide bonds. The Bertz CT molecular complexity index is 1390. The molecule has 2 saturated heterocycles. The third-order valence-corrected chi connectivity index (χ3v) is 6.99. The predicted molar refractivity (Wildman–Crippen MR) is 137 cm³/mol. The highest BCUT2D eigenvalue weighted by Gasteiger charge is 2.39. The molecule has 2 aliphatic rings. The molecule has 0 bridgehead atoms. The van der Waals surface area contributed by atoms with Crippen molar-refractivity contribution in [3.63, 3.8) is 0 Å². The molecule has 2 aliphatic heterocycles. The lowest BCUT2D eigenvalue weighted by Gasteiger charge is -2.15. The number of imide groups is 2. The number of nitrogens with zero attached hydrogens (tertiary/aromatic N) is 4. The Labute approximate surface area is 221 Å². The molecule has 0 aromatic heterocycles. The summed E-state index contributed by atoms with van der Waals surface area (Å²) in [5.74, 6) is -2.35. The standard InChI is InChI=1S/C23H14N4O9S2/c28-17(11-24-20(29)18(37-22(24)31)9-13-3-1-5-15(7-13)26(33)34)12-25-21(30)19(38-23(25)32)10-14-4-2-6-16(8-14)27(35)36/h1-10H,11-12H2. The number of Topliss-reactive ketones (excluding diaryl/α,β-unsaturated/α-hetero) is 1. The summed E-state index contributed by atoms with van der Waals surface area (Å²) < 4.78 is 0. The zero-order valence-corrected chi connectivity index (χ0v) is 20.6. The second kappa shape index (κ2) is 10.8. The fourth-order valence-corrected chi connectivity index (χ4v) is 5.11. The third kappa shape index (κ3) is 5.68. The number of carbonyl (C=O) groups is 5. The topological polar surface area (TPSA) is 178 Å². The molecule has 0 aliphatic carbocycles. The molecule has 2 aromatic carbocycles. The molecule has 0 spiro atoms. The number of nitro groups is 2. The van der Waals surface area contributed by atoms with E-state index in [4.69, 9.17) is 0 Å². The molecule has 0 atom stereocenters. The van der Waals surface area contributed by atoms with Crippen molar-refractivity contribution in [3.05, 3.63) is 89.7 Å². The molecular formula is C23H14N4O9S2. The molecule has 2 heterocycles. The summed E-state index contributed by atoms with van der Waals surface area (Å²) in [7, 11) is 0. The quantitative estimate of drug-likeness (QED) is 0.263. The van der Waals surface area contributed by atoms with Crippen LogP contribution in [-0.2, 0) is 14.4 Å². The van der Waals surface area contributed by atoms with Crippen LogP contribution in [0, 0.1) is 20.2 Å². The van der Waals surface area contributed by atoms with Crippen LogP contribution in [-0.4, -0.2) is 60.8 Å². The highest BCUT2D eigenvalue weighted by atomic mass is 32.2. The van der Waals surface area contributed by atoms with Crippen LogP contribution in [0.3, 0.4) is 0 Å². The summed E-state index contributed by atoms with van der Waals surface area (Å²) >= 11 is 1.10. The molecule has 15 heteroatoms. The van der Waals surface area contributed by atoms with E-state index >= 15 is 0 Å². The van der Waals surface area contributed by atoms with Crippen LogP contribution < -0.4 is 0 Å². The monoisotopic (exact) mass is 554 g/mol. The molecule has 0 unspecified atom stereocenters. The first-order valence-electron chi connectivity index (χ1n) is 10.5. The number of non-ortho nitro benzene ring substituents is 2. The molecule has 4 rings (SSSR count). The Morgan fingerprint density at radius 1 is 0.737 bits per heavy atom. The van der Waals surface area contributed by atoms with Gasteiger partial charge in [0.15, 0.2) is 5.78 Å². The normalized spacial score (nSPS) is 17.7. The van der Waals surface area contributed by atoms with Crippen LogP contribution >= 0.6 is 23.5 Å². The van der Waals surface area contributed by atoms with E-state index in [0.717, 1.165) is 0 Å². The molecule has 13 nitrogen and oxygen atoms in total. The van der Waals surface area contributed by atoms with Crippen molar-refractivity contribution in [1.82, 2.24) is 9.80 Å². The molecule has 0 radical (unpaired) electrons. The van der Waals surface area contributed by atoms with Crippen LogP contribution in [0.5, 0.6) is 0 Å². The first-order chi connectivity index (χ1) is 18.0. The second-order valence-corrected chi connectivity index (χ2v) is 9.76. The van der Waals surface area contributed by atoms with Gasteiger partial charge in [-0.15, -0.1) is 0 Å². The van der Waals surface area contributed by atoms with Crippen molar-refractivity contribution in [2.24, 2.45) is 0 Å². The van der Waals surface area contributed by atoms with Crippen LogP contribution in [0.2, 0.25) is 0 Å². The van der Waals surface area contributed by atoms with E-state index in [2.05, 4.69) is 0 Å². The van der Waals surface area contributed by atoms with Gasteiger partial charge in [-0.3, -0.25) is 54.0 Å². The Kier molecular flexibility index (Phi) is 7.50. The summed E-state index contributed by atoms with van der Waals surface area (Å²) in [5, 5.41) is 20.4. The van der Waals surface area contributed by atoms with E-state index in [0.29, 0.717) is 44.5 Å². The van der Waals surface area contributed by atoms with E-state index in [1.54, 1.807) is 0 Å². The number of hydrogen-bond acceptors (Lipinski definition) is 11. The van der Waals surface area contributed by atoms with Gasteiger partial charge in [-0.1, -0.05) is 24.3 Å². The van der Waals surface area contributed by atoms with Crippen LogP contribution in [0.25, 0.3) is 12.2 Å². The third-order valence-electron chi connectivity index (χ3n) is 5.17. The lowest BCUT2D eigenvalue weighted by molar-refractivity contribution is -0.385. The fourth-order valence-electron chi connectivity index (χ4n) is 3.43.